The first-order valence-electron chi connectivity index (χ1n) is 7.33. The fourth-order valence-corrected chi connectivity index (χ4v) is 3.40. The third-order valence-electron chi connectivity index (χ3n) is 4.65. The van der Waals surface area contributed by atoms with Crippen LogP contribution in [0.15, 0.2) is 0 Å². The lowest BCUT2D eigenvalue weighted by Gasteiger charge is -2.41. The van der Waals surface area contributed by atoms with Gasteiger partial charge in [0.15, 0.2) is 0 Å². The molecule has 0 aromatic carbocycles. The monoisotopic (exact) mass is 325 g/mol. The molecule has 120 valence electrons. The first-order chi connectivity index (χ1) is 8.63. The van der Waals surface area contributed by atoms with E-state index in [4.69, 9.17) is 0 Å². The summed E-state index contributed by atoms with van der Waals surface area (Å²) in [4.78, 5) is 16.9. The summed E-state index contributed by atoms with van der Waals surface area (Å²) in [5, 5.41) is 3.28. The lowest BCUT2D eigenvalue weighted by Crippen LogP contribution is -2.52. The van der Waals surface area contributed by atoms with Gasteiger partial charge in [0.05, 0.1) is 5.92 Å². The zero-order valence-corrected chi connectivity index (χ0v) is 14.4. The second kappa shape index (κ2) is 9.08. The van der Waals surface area contributed by atoms with E-state index in [2.05, 4.69) is 24.1 Å². The highest BCUT2D eigenvalue weighted by atomic mass is 35.5. The van der Waals surface area contributed by atoms with E-state index in [9.17, 15) is 4.79 Å². The zero-order valence-electron chi connectivity index (χ0n) is 12.8. The van der Waals surface area contributed by atoms with Gasteiger partial charge in [-0.1, -0.05) is 13.8 Å². The van der Waals surface area contributed by atoms with Crippen molar-refractivity contribution in [2.24, 2.45) is 11.8 Å². The lowest BCUT2D eigenvalue weighted by atomic mass is 9.91. The van der Waals surface area contributed by atoms with E-state index >= 15 is 0 Å². The van der Waals surface area contributed by atoms with Gasteiger partial charge in [0.25, 0.3) is 0 Å². The van der Waals surface area contributed by atoms with E-state index in [-0.39, 0.29) is 30.7 Å². The number of rotatable bonds is 3. The van der Waals surface area contributed by atoms with Crippen LogP contribution in [0.2, 0.25) is 0 Å². The number of carbonyl (C=O) groups excluding carboxylic acids is 1. The van der Waals surface area contributed by atoms with Crippen molar-refractivity contribution in [2.75, 3.05) is 39.8 Å². The molecule has 2 heterocycles. The maximum absolute atomic E-state index is 12.4. The Bertz CT molecular complexity index is 298. The zero-order chi connectivity index (χ0) is 13.1. The average Bonchev–Trinajstić information content (AvgIpc) is 2.90. The molecule has 2 saturated heterocycles. The van der Waals surface area contributed by atoms with Gasteiger partial charge < -0.3 is 15.1 Å². The highest BCUT2D eigenvalue weighted by Crippen LogP contribution is 2.23. The lowest BCUT2D eigenvalue weighted by molar-refractivity contribution is -0.137. The van der Waals surface area contributed by atoms with Gasteiger partial charge in [-0.2, -0.15) is 0 Å². The Balaban J connectivity index is 0.00000180. The smallest absolute Gasteiger partial charge is 0.227 e. The maximum Gasteiger partial charge on any atom is 0.227 e. The summed E-state index contributed by atoms with van der Waals surface area (Å²) < 4.78 is 0. The standard InChI is InChI=1S/C14H27N3O.2ClH/c1-4-17-8-6-13(11(2)10-17)16(3)14(18)12-5-7-15-9-12;;/h11-13,15H,4-10H2,1-3H3;2*1H. The summed E-state index contributed by atoms with van der Waals surface area (Å²) in [5.74, 6) is 1.15. The molecule has 0 aromatic rings. The Morgan fingerprint density at radius 2 is 2.05 bits per heavy atom. The Labute approximate surface area is 135 Å². The van der Waals surface area contributed by atoms with Crippen LogP contribution in [0.25, 0.3) is 0 Å². The SMILES string of the molecule is CCN1CCC(N(C)C(=O)C2CCNC2)C(C)C1.Cl.Cl. The van der Waals surface area contributed by atoms with Crippen molar-refractivity contribution in [3.8, 4) is 0 Å². The molecule has 4 nitrogen and oxygen atoms in total. The van der Waals surface area contributed by atoms with Crippen LogP contribution in [0.4, 0.5) is 0 Å². The Hall–Kier alpha value is -0.0300. The van der Waals surface area contributed by atoms with Gasteiger partial charge in [-0.15, -0.1) is 24.8 Å². The number of nitrogens with zero attached hydrogens (tertiary/aromatic N) is 2. The largest absolute Gasteiger partial charge is 0.342 e. The third-order valence-corrected chi connectivity index (χ3v) is 4.65. The van der Waals surface area contributed by atoms with Crippen LogP contribution in [-0.4, -0.2) is 61.5 Å². The third kappa shape index (κ3) is 4.48. The van der Waals surface area contributed by atoms with Crippen molar-refractivity contribution in [1.29, 1.82) is 0 Å². The van der Waals surface area contributed by atoms with Crippen molar-refractivity contribution in [3.05, 3.63) is 0 Å². The molecule has 6 heteroatoms. The molecule has 0 bridgehead atoms. The van der Waals surface area contributed by atoms with Crippen LogP contribution < -0.4 is 5.32 Å². The average molecular weight is 326 g/mol. The van der Waals surface area contributed by atoms with Crippen molar-refractivity contribution in [2.45, 2.75) is 32.7 Å². The van der Waals surface area contributed by atoms with Gasteiger partial charge in [-0.05, 0) is 31.8 Å². The molecule has 0 aliphatic carbocycles. The van der Waals surface area contributed by atoms with E-state index in [1.807, 2.05) is 11.9 Å². The molecule has 2 rings (SSSR count). The number of piperidine rings is 1. The van der Waals surface area contributed by atoms with Crippen LogP contribution >= 0.6 is 24.8 Å². The van der Waals surface area contributed by atoms with Crippen LogP contribution in [0.5, 0.6) is 0 Å². The number of nitrogens with one attached hydrogen (secondary N) is 1. The van der Waals surface area contributed by atoms with Gasteiger partial charge >= 0.3 is 0 Å². The molecule has 0 radical (unpaired) electrons. The maximum atomic E-state index is 12.4. The van der Waals surface area contributed by atoms with Gasteiger partial charge in [-0.3, -0.25) is 4.79 Å². The molecule has 1 amide bonds. The normalized spacial score (nSPS) is 30.2. The molecule has 2 aliphatic rings. The number of hydrogen-bond acceptors (Lipinski definition) is 3. The highest BCUT2D eigenvalue weighted by molar-refractivity contribution is 5.85. The Kier molecular flexibility index (Phi) is 9.07. The van der Waals surface area contributed by atoms with E-state index in [0.29, 0.717) is 17.9 Å². The number of carbonyl (C=O) groups is 1. The molecule has 0 spiro atoms. The van der Waals surface area contributed by atoms with E-state index in [1.165, 1.54) is 0 Å². The van der Waals surface area contributed by atoms with E-state index < -0.39 is 0 Å². The fraction of sp³-hybridized carbons (Fsp3) is 0.929. The second-order valence-corrected chi connectivity index (χ2v) is 5.87. The highest BCUT2D eigenvalue weighted by Gasteiger charge is 2.34. The molecule has 0 aromatic heterocycles. The van der Waals surface area contributed by atoms with Gasteiger partial charge in [0.2, 0.25) is 5.91 Å². The van der Waals surface area contributed by atoms with Gasteiger partial charge in [0.1, 0.15) is 0 Å². The Morgan fingerprint density at radius 1 is 1.35 bits per heavy atom. The van der Waals surface area contributed by atoms with E-state index in [0.717, 1.165) is 45.6 Å². The molecular weight excluding hydrogens is 297 g/mol. The topological polar surface area (TPSA) is 35.6 Å². The van der Waals surface area contributed by atoms with Crippen molar-refractivity contribution in [1.82, 2.24) is 15.1 Å². The molecular formula is C14H29Cl2N3O. The van der Waals surface area contributed by atoms with Crippen molar-refractivity contribution >= 4 is 30.7 Å². The van der Waals surface area contributed by atoms with Crippen molar-refractivity contribution in [3.63, 3.8) is 0 Å². The number of likely N-dealkylation sites (tertiary alicyclic amines) is 1. The van der Waals surface area contributed by atoms with Gasteiger partial charge in [0, 0.05) is 32.7 Å². The van der Waals surface area contributed by atoms with Crippen LogP contribution in [-0.2, 0) is 4.79 Å². The number of amides is 1. The van der Waals surface area contributed by atoms with Crippen LogP contribution in [0.3, 0.4) is 0 Å². The number of halogens is 2. The first kappa shape index (κ1) is 20.0. The van der Waals surface area contributed by atoms with Crippen molar-refractivity contribution < 1.29 is 4.79 Å². The van der Waals surface area contributed by atoms with Crippen LogP contribution in [0, 0.1) is 11.8 Å². The predicted octanol–water partition coefficient (Wildman–Crippen LogP) is 1.63. The van der Waals surface area contributed by atoms with E-state index in [1.54, 1.807) is 0 Å². The molecule has 3 atom stereocenters. The first-order valence-corrected chi connectivity index (χ1v) is 7.33. The quantitative estimate of drug-likeness (QED) is 0.856. The molecule has 3 unspecified atom stereocenters. The molecule has 0 saturated carbocycles. The molecule has 2 aliphatic heterocycles. The molecule has 1 N–H and O–H groups in total. The fourth-order valence-electron chi connectivity index (χ4n) is 3.40. The minimum atomic E-state index is 0. The minimum Gasteiger partial charge on any atom is -0.342 e. The summed E-state index contributed by atoms with van der Waals surface area (Å²) in [5.41, 5.74) is 0. The summed E-state index contributed by atoms with van der Waals surface area (Å²) in [6.07, 6.45) is 2.13. The summed E-state index contributed by atoms with van der Waals surface area (Å²) in [6, 6.07) is 0.431. The minimum absolute atomic E-state index is 0. The summed E-state index contributed by atoms with van der Waals surface area (Å²) in [6.45, 7) is 9.74. The number of hydrogen-bond donors (Lipinski definition) is 1. The molecule has 20 heavy (non-hydrogen) atoms. The molecule has 2 fully saturated rings. The predicted molar refractivity (Wildman–Crippen MR) is 87.9 cm³/mol. The van der Waals surface area contributed by atoms with Gasteiger partial charge in [-0.25, -0.2) is 0 Å². The summed E-state index contributed by atoms with van der Waals surface area (Å²) >= 11 is 0. The Morgan fingerprint density at radius 3 is 2.55 bits per heavy atom. The second-order valence-electron chi connectivity index (χ2n) is 5.87. The van der Waals surface area contributed by atoms with Crippen LogP contribution in [0.1, 0.15) is 26.7 Å². The summed E-state index contributed by atoms with van der Waals surface area (Å²) in [7, 11) is 2.00.